The highest BCUT2D eigenvalue weighted by Gasteiger charge is 2.33. The highest BCUT2D eigenvalue weighted by atomic mass is 16.4. The summed E-state index contributed by atoms with van der Waals surface area (Å²) >= 11 is 0. The average Bonchev–Trinajstić information content (AvgIpc) is 2.01. The van der Waals surface area contributed by atoms with Crippen LogP contribution in [0.4, 0.5) is 0 Å². The lowest BCUT2D eigenvalue weighted by Crippen LogP contribution is -2.49. The SMILES string of the molecule is OC[C@H]1N=C[C@H](O)[C@@H](O)[C@@H]1O. The fraction of sp³-hybridized carbons (Fsp3) is 0.833. The predicted molar refractivity (Wildman–Crippen MR) is 37.4 cm³/mol. The molecule has 0 unspecified atom stereocenters. The maximum atomic E-state index is 9.12. The van der Waals surface area contributed by atoms with Crippen LogP contribution in [0.2, 0.25) is 0 Å². The molecule has 5 heteroatoms. The first-order valence-corrected chi connectivity index (χ1v) is 3.35. The summed E-state index contributed by atoms with van der Waals surface area (Å²) < 4.78 is 0. The molecule has 0 bridgehead atoms. The van der Waals surface area contributed by atoms with Crippen LogP contribution in [-0.2, 0) is 0 Å². The van der Waals surface area contributed by atoms with Crippen molar-refractivity contribution in [2.24, 2.45) is 4.99 Å². The van der Waals surface area contributed by atoms with Gasteiger partial charge in [0.2, 0.25) is 0 Å². The fourth-order valence-corrected chi connectivity index (χ4v) is 0.960. The van der Waals surface area contributed by atoms with Crippen molar-refractivity contribution in [3.63, 3.8) is 0 Å². The van der Waals surface area contributed by atoms with Crippen molar-refractivity contribution in [3.05, 3.63) is 0 Å². The molecule has 11 heavy (non-hydrogen) atoms. The zero-order valence-corrected chi connectivity index (χ0v) is 5.83. The quantitative estimate of drug-likeness (QED) is 0.342. The summed E-state index contributed by atoms with van der Waals surface area (Å²) in [5.74, 6) is 0. The first kappa shape index (κ1) is 8.61. The van der Waals surface area contributed by atoms with Gasteiger partial charge in [0.25, 0.3) is 0 Å². The molecule has 64 valence electrons. The van der Waals surface area contributed by atoms with E-state index in [1.165, 1.54) is 0 Å². The first-order valence-electron chi connectivity index (χ1n) is 3.35. The molecule has 1 aliphatic rings. The summed E-state index contributed by atoms with van der Waals surface area (Å²) in [6.45, 7) is -0.332. The molecule has 0 fully saturated rings. The summed E-state index contributed by atoms with van der Waals surface area (Å²) in [5, 5.41) is 35.7. The molecule has 0 amide bonds. The topological polar surface area (TPSA) is 93.3 Å². The van der Waals surface area contributed by atoms with Crippen molar-refractivity contribution in [3.8, 4) is 0 Å². The molecular formula is C6H11NO4. The van der Waals surface area contributed by atoms with E-state index in [0.717, 1.165) is 6.21 Å². The van der Waals surface area contributed by atoms with Crippen LogP contribution < -0.4 is 0 Å². The molecule has 0 aliphatic carbocycles. The van der Waals surface area contributed by atoms with E-state index in [4.69, 9.17) is 20.4 Å². The van der Waals surface area contributed by atoms with Gasteiger partial charge in [-0.25, -0.2) is 0 Å². The zero-order valence-electron chi connectivity index (χ0n) is 5.83. The molecule has 1 rings (SSSR count). The van der Waals surface area contributed by atoms with Gasteiger partial charge in [-0.1, -0.05) is 0 Å². The van der Waals surface area contributed by atoms with Crippen molar-refractivity contribution in [1.29, 1.82) is 0 Å². The Morgan fingerprint density at radius 1 is 1.18 bits per heavy atom. The number of rotatable bonds is 1. The van der Waals surface area contributed by atoms with E-state index < -0.39 is 24.4 Å². The van der Waals surface area contributed by atoms with Gasteiger partial charge < -0.3 is 20.4 Å². The number of aliphatic hydroxyl groups is 4. The van der Waals surface area contributed by atoms with Gasteiger partial charge in [0.15, 0.2) is 0 Å². The van der Waals surface area contributed by atoms with Gasteiger partial charge in [0.05, 0.1) is 6.61 Å². The van der Waals surface area contributed by atoms with Crippen molar-refractivity contribution < 1.29 is 20.4 Å². The predicted octanol–water partition coefficient (Wildman–Crippen LogP) is -2.49. The Morgan fingerprint density at radius 3 is 2.36 bits per heavy atom. The van der Waals surface area contributed by atoms with Crippen LogP contribution in [0.25, 0.3) is 0 Å². The first-order chi connectivity index (χ1) is 5.16. The molecule has 0 spiro atoms. The Kier molecular flexibility index (Phi) is 2.56. The fourth-order valence-electron chi connectivity index (χ4n) is 0.960. The molecule has 0 saturated heterocycles. The van der Waals surface area contributed by atoms with E-state index >= 15 is 0 Å². The molecule has 0 radical (unpaired) electrons. The highest BCUT2D eigenvalue weighted by Crippen LogP contribution is 2.11. The molecule has 4 N–H and O–H groups in total. The Balaban J connectivity index is 2.68. The van der Waals surface area contributed by atoms with Crippen LogP contribution in [0.3, 0.4) is 0 Å². The van der Waals surface area contributed by atoms with Crippen molar-refractivity contribution in [2.45, 2.75) is 24.4 Å². The summed E-state index contributed by atoms with van der Waals surface area (Å²) in [7, 11) is 0. The molecule has 0 aromatic rings. The lowest BCUT2D eigenvalue weighted by molar-refractivity contribution is -0.0564. The Bertz CT molecular complexity index is 161. The van der Waals surface area contributed by atoms with E-state index in [0.29, 0.717) is 0 Å². The summed E-state index contributed by atoms with van der Waals surface area (Å²) in [4.78, 5) is 3.63. The molecule has 5 nitrogen and oxygen atoms in total. The minimum Gasteiger partial charge on any atom is -0.394 e. The van der Waals surface area contributed by atoms with Crippen molar-refractivity contribution in [1.82, 2.24) is 0 Å². The zero-order chi connectivity index (χ0) is 8.43. The van der Waals surface area contributed by atoms with Gasteiger partial charge in [-0.2, -0.15) is 0 Å². The number of nitrogens with zero attached hydrogens (tertiary/aromatic N) is 1. The van der Waals surface area contributed by atoms with Crippen molar-refractivity contribution in [2.75, 3.05) is 6.61 Å². The van der Waals surface area contributed by atoms with Crippen molar-refractivity contribution >= 4 is 6.21 Å². The van der Waals surface area contributed by atoms with Crippen LogP contribution >= 0.6 is 0 Å². The second-order valence-electron chi connectivity index (χ2n) is 2.52. The average molecular weight is 161 g/mol. The smallest absolute Gasteiger partial charge is 0.117 e. The molecule has 0 saturated carbocycles. The van der Waals surface area contributed by atoms with Gasteiger partial charge >= 0.3 is 0 Å². The van der Waals surface area contributed by atoms with Gasteiger partial charge in [-0.05, 0) is 0 Å². The Morgan fingerprint density at radius 2 is 1.82 bits per heavy atom. The normalized spacial score (nSPS) is 44.4. The monoisotopic (exact) mass is 161 g/mol. The molecule has 0 aromatic carbocycles. The molecular weight excluding hydrogens is 150 g/mol. The minimum atomic E-state index is -1.25. The minimum absolute atomic E-state index is 0.332. The number of aliphatic hydroxyl groups excluding tert-OH is 4. The third-order valence-corrected chi connectivity index (χ3v) is 1.71. The lowest BCUT2D eigenvalue weighted by Gasteiger charge is -2.28. The van der Waals surface area contributed by atoms with E-state index in [-0.39, 0.29) is 6.61 Å². The molecule has 0 aromatic heterocycles. The van der Waals surface area contributed by atoms with E-state index in [2.05, 4.69) is 4.99 Å². The molecule has 1 heterocycles. The van der Waals surface area contributed by atoms with Gasteiger partial charge in [0, 0.05) is 6.21 Å². The number of hydrogen-bond acceptors (Lipinski definition) is 5. The second kappa shape index (κ2) is 3.27. The second-order valence-corrected chi connectivity index (χ2v) is 2.52. The number of aliphatic imine (C=N–C) groups is 1. The van der Waals surface area contributed by atoms with E-state index in [9.17, 15) is 0 Å². The van der Waals surface area contributed by atoms with Gasteiger partial charge in [-0.15, -0.1) is 0 Å². The van der Waals surface area contributed by atoms with E-state index in [1.54, 1.807) is 0 Å². The standard InChI is InChI=1S/C6H11NO4/c8-2-3-5(10)6(11)4(9)1-7-3/h1,3-6,8-11H,2H2/t3-,4+,5-,6-/m1/s1. The van der Waals surface area contributed by atoms with Crippen LogP contribution in [0.1, 0.15) is 0 Å². The van der Waals surface area contributed by atoms with Crippen LogP contribution in [0.15, 0.2) is 4.99 Å². The maximum Gasteiger partial charge on any atom is 0.117 e. The maximum absolute atomic E-state index is 9.12. The number of hydrogen-bond donors (Lipinski definition) is 4. The Hall–Kier alpha value is -0.490. The lowest BCUT2D eigenvalue weighted by atomic mass is 9.99. The summed E-state index contributed by atoms with van der Waals surface area (Å²) in [6.07, 6.45) is -2.43. The van der Waals surface area contributed by atoms with Crippen LogP contribution in [0.5, 0.6) is 0 Å². The van der Waals surface area contributed by atoms with Gasteiger partial charge in [0.1, 0.15) is 24.4 Å². The summed E-state index contributed by atoms with van der Waals surface area (Å²) in [5.41, 5.74) is 0. The van der Waals surface area contributed by atoms with Crippen LogP contribution in [-0.4, -0.2) is 57.6 Å². The van der Waals surface area contributed by atoms with E-state index in [1.807, 2.05) is 0 Å². The third kappa shape index (κ3) is 1.57. The third-order valence-electron chi connectivity index (χ3n) is 1.71. The Labute approximate surface area is 63.6 Å². The van der Waals surface area contributed by atoms with Gasteiger partial charge in [-0.3, -0.25) is 4.99 Å². The largest absolute Gasteiger partial charge is 0.394 e. The molecule has 4 atom stereocenters. The van der Waals surface area contributed by atoms with Crippen LogP contribution in [0, 0.1) is 0 Å². The summed E-state index contributed by atoms with van der Waals surface area (Å²) in [6, 6.07) is -0.714. The molecule has 1 aliphatic heterocycles. The highest BCUT2D eigenvalue weighted by molar-refractivity contribution is 5.65.